The van der Waals surface area contributed by atoms with Crippen LogP contribution < -0.4 is 11.1 Å². The molecule has 0 saturated heterocycles. The molecule has 1 amide bonds. The molecule has 0 fully saturated rings. The molecule has 0 aliphatic heterocycles. The summed E-state index contributed by atoms with van der Waals surface area (Å²) in [7, 11) is -1.67. The first-order valence-electron chi connectivity index (χ1n) is 6.06. The molecule has 0 radical (unpaired) electrons. The van der Waals surface area contributed by atoms with E-state index in [1.807, 2.05) is 13.8 Å². The number of anilines is 1. The van der Waals surface area contributed by atoms with Gasteiger partial charge in [0.05, 0.1) is 15.7 Å². The molecule has 2 unspecified atom stereocenters. The number of amides is 1. The van der Waals surface area contributed by atoms with Crippen molar-refractivity contribution in [2.75, 3.05) is 12.3 Å². The van der Waals surface area contributed by atoms with E-state index in [4.69, 9.17) is 5.73 Å². The Morgan fingerprint density at radius 1 is 1.42 bits per heavy atom. The SMILES string of the molecule is CC(C)CNC(=O)C(C)S(=O)c1cc(F)ccc1N. The van der Waals surface area contributed by atoms with E-state index >= 15 is 0 Å². The van der Waals surface area contributed by atoms with Crippen LogP contribution in [-0.4, -0.2) is 21.9 Å². The number of halogens is 1. The van der Waals surface area contributed by atoms with Crippen molar-refractivity contribution in [3.8, 4) is 0 Å². The van der Waals surface area contributed by atoms with E-state index in [-0.39, 0.29) is 16.5 Å². The molecule has 19 heavy (non-hydrogen) atoms. The third-order valence-electron chi connectivity index (χ3n) is 2.57. The lowest BCUT2D eigenvalue weighted by Gasteiger charge is -2.14. The highest BCUT2D eigenvalue weighted by molar-refractivity contribution is 7.86. The molecular weight excluding hydrogens is 267 g/mol. The second-order valence-electron chi connectivity index (χ2n) is 4.76. The van der Waals surface area contributed by atoms with Crippen LogP contribution in [0.5, 0.6) is 0 Å². The Kier molecular flexibility index (Phi) is 5.47. The summed E-state index contributed by atoms with van der Waals surface area (Å²) in [5, 5.41) is 1.92. The molecule has 0 bridgehead atoms. The molecular formula is C13H19FN2O2S. The van der Waals surface area contributed by atoms with Crippen molar-refractivity contribution in [1.29, 1.82) is 0 Å². The molecule has 6 heteroatoms. The lowest BCUT2D eigenvalue weighted by atomic mass is 10.2. The average Bonchev–Trinajstić information content (AvgIpc) is 2.37. The van der Waals surface area contributed by atoms with Gasteiger partial charge in [-0.25, -0.2) is 4.39 Å². The standard InChI is InChI=1S/C13H19FN2O2S/c1-8(2)7-16-13(17)9(3)19(18)12-6-10(14)4-5-11(12)15/h4-6,8-9H,7,15H2,1-3H3,(H,16,17). The van der Waals surface area contributed by atoms with Crippen LogP contribution in [0.3, 0.4) is 0 Å². The number of carbonyl (C=O) groups excluding carboxylic acids is 1. The number of rotatable bonds is 5. The molecule has 106 valence electrons. The van der Waals surface area contributed by atoms with Gasteiger partial charge < -0.3 is 11.1 Å². The van der Waals surface area contributed by atoms with Gasteiger partial charge in [0.1, 0.15) is 11.1 Å². The first kappa shape index (κ1) is 15.6. The molecule has 1 aromatic rings. The van der Waals surface area contributed by atoms with Gasteiger partial charge in [-0.3, -0.25) is 9.00 Å². The molecule has 4 nitrogen and oxygen atoms in total. The second-order valence-corrected chi connectivity index (χ2v) is 6.50. The summed E-state index contributed by atoms with van der Waals surface area (Å²) in [6.07, 6.45) is 0. The van der Waals surface area contributed by atoms with Crippen molar-refractivity contribution in [2.24, 2.45) is 5.92 Å². The van der Waals surface area contributed by atoms with Crippen LogP contribution in [-0.2, 0) is 15.6 Å². The van der Waals surface area contributed by atoms with Gasteiger partial charge >= 0.3 is 0 Å². The highest BCUT2D eigenvalue weighted by Crippen LogP contribution is 2.20. The van der Waals surface area contributed by atoms with E-state index in [2.05, 4.69) is 5.32 Å². The molecule has 3 N–H and O–H groups in total. The molecule has 0 aromatic heterocycles. The van der Waals surface area contributed by atoms with Crippen molar-refractivity contribution in [3.63, 3.8) is 0 Å². The van der Waals surface area contributed by atoms with Gasteiger partial charge in [-0.15, -0.1) is 0 Å². The Bertz CT molecular complexity index is 492. The third kappa shape index (κ3) is 4.31. The van der Waals surface area contributed by atoms with Crippen molar-refractivity contribution in [1.82, 2.24) is 5.32 Å². The Morgan fingerprint density at radius 3 is 2.63 bits per heavy atom. The van der Waals surface area contributed by atoms with Gasteiger partial charge in [-0.05, 0) is 31.0 Å². The van der Waals surface area contributed by atoms with Gasteiger partial charge in [0.15, 0.2) is 0 Å². The predicted molar refractivity (Wildman–Crippen MR) is 74.5 cm³/mol. The van der Waals surface area contributed by atoms with E-state index < -0.39 is 21.9 Å². The quantitative estimate of drug-likeness (QED) is 0.809. The second kappa shape index (κ2) is 6.65. The van der Waals surface area contributed by atoms with E-state index in [0.717, 1.165) is 6.07 Å². The third-order valence-corrected chi connectivity index (χ3v) is 4.21. The maximum Gasteiger partial charge on any atom is 0.235 e. The Morgan fingerprint density at radius 2 is 2.05 bits per heavy atom. The normalized spacial score (nSPS) is 14.2. The minimum absolute atomic E-state index is 0.159. The number of nitrogen functional groups attached to an aromatic ring is 1. The topological polar surface area (TPSA) is 72.2 Å². The van der Waals surface area contributed by atoms with Crippen molar-refractivity contribution >= 4 is 22.4 Å². The zero-order valence-corrected chi connectivity index (χ0v) is 12.1. The summed E-state index contributed by atoms with van der Waals surface area (Å²) < 4.78 is 25.3. The maximum atomic E-state index is 13.1. The smallest absolute Gasteiger partial charge is 0.235 e. The molecule has 0 spiro atoms. The van der Waals surface area contributed by atoms with Crippen LogP contribution in [0.25, 0.3) is 0 Å². The fourth-order valence-electron chi connectivity index (χ4n) is 1.42. The van der Waals surface area contributed by atoms with Crippen LogP contribution in [0.2, 0.25) is 0 Å². The Labute approximate surface area is 115 Å². The molecule has 0 heterocycles. The summed E-state index contributed by atoms with van der Waals surface area (Å²) in [6.45, 7) is 5.98. The van der Waals surface area contributed by atoms with Crippen molar-refractivity contribution < 1.29 is 13.4 Å². The van der Waals surface area contributed by atoms with Gasteiger partial charge in [0, 0.05) is 12.2 Å². The van der Waals surface area contributed by atoms with Gasteiger partial charge in [-0.1, -0.05) is 13.8 Å². The highest BCUT2D eigenvalue weighted by atomic mass is 32.2. The molecule has 1 rings (SSSR count). The summed E-state index contributed by atoms with van der Waals surface area (Å²) in [5.74, 6) is -0.535. The number of carbonyl (C=O) groups is 1. The highest BCUT2D eigenvalue weighted by Gasteiger charge is 2.23. The lowest BCUT2D eigenvalue weighted by molar-refractivity contribution is -0.120. The van der Waals surface area contributed by atoms with Crippen molar-refractivity contribution in [2.45, 2.75) is 30.9 Å². The van der Waals surface area contributed by atoms with Crippen LogP contribution in [0.4, 0.5) is 10.1 Å². The average molecular weight is 286 g/mol. The fourth-order valence-corrected chi connectivity index (χ4v) is 2.61. The number of nitrogens with two attached hydrogens (primary N) is 1. The molecule has 0 saturated carbocycles. The van der Waals surface area contributed by atoms with Crippen LogP contribution in [0.1, 0.15) is 20.8 Å². The monoisotopic (exact) mass is 286 g/mol. The number of benzene rings is 1. The van der Waals surface area contributed by atoms with Crippen LogP contribution >= 0.6 is 0 Å². The molecule has 2 atom stereocenters. The van der Waals surface area contributed by atoms with E-state index in [9.17, 15) is 13.4 Å². The van der Waals surface area contributed by atoms with E-state index in [0.29, 0.717) is 12.5 Å². The van der Waals surface area contributed by atoms with Gasteiger partial charge in [0.2, 0.25) is 5.91 Å². The van der Waals surface area contributed by atoms with Gasteiger partial charge in [0.25, 0.3) is 0 Å². The number of hydrogen-bond donors (Lipinski definition) is 2. The van der Waals surface area contributed by atoms with Gasteiger partial charge in [-0.2, -0.15) is 0 Å². The molecule has 0 aliphatic rings. The summed E-state index contributed by atoms with van der Waals surface area (Å²) in [5.41, 5.74) is 5.88. The Hall–Kier alpha value is -1.43. The summed E-state index contributed by atoms with van der Waals surface area (Å²) >= 11 is 0. The fraction of sp³-hybridized carbons (Fsp3) is 0.462. The minimum Gasteiger partial charge on any atom is -0.398 e. The zero-order valence-electron chi connectivity index (χ0n) is 11.3. The summed E-state index contributed by atoms with van der Waals surface area (Å²) in [4.78, 5) is 12.0. The lowest BCUT2D eigenvalue weighted by Crippen LogP contribution is -2.37. The summed E-state index contributed by atoms with van der Waals surface area (Å²) in [6, 6.07) is 3.65. The number of nitrogens with one attached hydrogen (secondary N) is 1. The largest absolute Gasteiger partial charge is 0.398 e. The van der Waals surface area contributed by atoms with E-state index in [1.165, 1.54) is 19.1 Å². The first-order chi connectivity index (χ1) is 8.82. The molecule has 0 aliphatic carbocycles. The number of hydrogen-bond acceptors (Lipinski definition) is 3. The van der Waals surface area contributed by atoms with Crippen molar-refractivity contribution in [3.05, 3.63) is 24.0 Å². The van der Waals surface area contributed by atoms with E-state index in [1.54, 1.807) is 0 Å². The maximum absolute atomic E-state index is 13.1. The predicted octanol–water partition coefficient (Wildman–Crippen LogP) is 1.68. The molecule has 1 aromatic carbocycles. The zero-order chi connectivity index (χ0) is 14.6. The van der Waals surface area contributed by atoms with Crippen LogP contribution in [0.15, 0.2) is 23.1 Å². The minimum atomic E-state index is -1.67. The Balaban J connectivity index is 2.81. The first-order valence-corrected chi connectivity index (χ1v) is 7.27. The van der Waals surface area contributed by atoms with Crippen LogP contribution in [0, 0.1) is 11.7 Å².